The fourth-order valence-corrected chi connectivity index (χ4v) is 2.68. The lowest BCUT2D eigenvalue weighted by Crippen LogP contribution is -2.28. The molecule has 1 heterocycles. The van der Waals surface area contributed by atoms with E-state index in [0.717, 1.165) is 28.8 Å². The van der Waals surface area contributed by atoms with Crippen molar-refractivity contribution in [2.45, 2.75) is 6.42 Å². The molecule has 0 unspecified atom stereocenters. The van der Waals surface area contributed by atoms with E-state index in [1.807, 2.05) is 18.2 Å². The van der Waals surface area contributed by atoms with Gasteiger partial charge in [-0.15, -0.1) is 0 Å². The van der Waals surface area contributed by atoms with Crippen molar-refractivity contribution in [2.24, 2.45) is 5.73 Å². The van der Waals surface area contributed by atoms with Gasteiger partial charge in [-0.05, 0) is 34.1 Å². The third-order valence-electron chi connectivity index (χ3n) is 2.89. The second kappa shape index (κ2) is 5.67. The Kier molecular flexibility index (Phi) is 4.19. The summed E-state index contributed by atoms with van der Waals surface area (Å²) >= 11 is 8.48. The molecule has 0 bridgehead atoms. The van der Waals surface area contributed by atoms with Crippen LogP contribution in [0.25, 0.3) is 0 Å². The molecule has 0 radical (unpaired) electrons. The van der Waals surface area contributed by atoms with E-state index in [0.29, 0.717) is 18.0 Å². The number of halogens is 1. The number of rotatable bonds is 2. The molecule has 2 rings (SSSR count). The number of anilines is 1. The molecule has 3 N–H and O–H groups in total. The van der Waals surface area contributed by atoms with Crippen LogP contribution in [0.15, 0.2) is 22.7 Å². The van der Waals surface area contributed by atoms with Gasteiger partial charge in [-0.25, -0.2) is 0 Å². The van der Waals surface area contributed by atoms with E-state index in [1.54, 1.807) is 0 Å². The van der Waals surface area contributed by atoms with Crippen LogP contribution in [0.2, 0.25) is 0 Å². The molecule has 0 spiro atoms. The largest absolute Gasteiger partial charge is 0.389 e. The van der Waals surface area contributed by atoms with Crippen molar-refractivity contribution in [2.75, 3.05) is 24.5 Å². The van der Waals surface area contributed by atoms with Crippen LogP contribution < -0.4 is 16.0 Å². The van der Waals surface area contributed by atoms with Crippen molar-refractivity contribution in [3.63, 3.8) is 0 Å². The van der Waals surface area contributed by atoms with E-state index in [9.17, 15) is 4.79 Å². The fourth-order valence-electron chi connectivity index (χ4n) is 1.92. The number of nitrogens with zero attached hydrogens (tertiary/aromatic N) is 1. The van der Waals surface area contributed by atoms with Crippen LogP contribution in [0.3, 0.4) is 0 Å². The molecule has 1 aromatic rings. The first-order chi connectivity index (χ1) is 8.58. The minimum Gasteiger partial charge on any atom is -0.389 e. The number of nitrogens with one attached hydrogen (secondary N) is 1. The molecular weight excluding hydrogens is 314 g/mol. The van der Waals surface area contributed by atoms with Gasteiger partial charge in [-0.3, -0.25) is 4.79 Å². The van der Waals surface area contributed by atoms with Crippen molar-refractivity contribution in [3.05, 3.63) is 28.2 Å². The van der Waals surface area contributed by atoms with Gasteiger partial charge in [0.1, 0.15) is 4.99 Å². The first-order valence-electron chi connectivity index (χ1n) is 5.69. The average molecular weight is 328 g/mol. The predicted octanol–water partition coefficient (Wildman–Crippen LogP) is 1.41. The molecule has 18 heavy (non-hydrogen) atoms. The summed E-state index contributed by atoms with van der Waals surface area (Å²) in [4.78, 5) is 13.9. The SMILES string of the molecule is NC(=S)c1ccc(N2CCNC(=O)CC2)c(Br)c1. The quantitative estimate of drug-likeness (QED) is 0.806. The Balaban J connectivity index is 2.22. The zero-order valence-electron chi connectivity index (χ0n) is 9.78. The highest BCUT2D eigenvalue weighted by Gasteiger charge is 2.16. The number of thiocarbonyl (C=S) groups is 1. The molecule has 0 saturated carbocycles. The maximum atomic E-state index is 11.3. The number of hydrogen-bond acceptors (Lipinski definition) is 3. The van der Waals surface area contributed by atoms with E-state index < -0.39 is 0 Å². The van der Waals surface area contributed by atoms with Gasteiger partial charge in [0, 0.05) is 36.1 Å². The van der Waals surface area contributed by atoms with Gasteiger partial charge in [0.2, 0.25) is 5.91 Å². The third kappa shape index (κ3) is 3.00. The summed E-state index contributed by atoms with van der Waals surface area (Å²) in [6, 6.07) is 5.80. The molecule has 0 aromatic heterocycles. The zero-order chi connectivity index (χ0) is 13.1. The molecule has 1 fully saturated rings. The molecule has 4 nitrogen and oxygen atoms in total. The molecule has 0 aliphatic carbocycles. The van der Waals surface area contributed by atoms with Crippen LogP contribution in [0.4, 0.5) is 5.69 Å². The van der Waals surface area contributed by atoms with Crippen molar-refractivity contribution < 1.29 is 4.79 Å². The summed E-state index contributed by atoms with van der Waals surface area (Å²) in [6.07, 6.45) is 0.517. The van der Waals surface area contributed by atoms with E-state index >= 15 is 0 Å². The minimum atomic E-state index is 0.105. The van der Waals surface area contributed by atoms with E-state index in [4.69, 9.17) is 18.0 Å². The smallest absolute Gasteiger partial charge is 0.221 e. The summed E-state index contributed by atoms with van der Waals surface area (Å²) in [7, 11) is 0. The van der Waals surface area contributed by atoms with Crippen molar-refractivity contribution in [1.82, 2.24) is 5.32 Å². The first-order valence-corrected chi connectivity index (χ1v) is 6.89. The first kappa shape index (κ1) is 13.3. The number of carbonyl (C=O) groups is 1. The third-order valence-corrected chi connectivity index (χ3v) is 3.76. The van der Waals surface area contributed by atoms with Crippen LogP contribution >= 0.6 is 28.1 Å². The van der Waals surface area contributed by atoms with Crippen LogP contribution in [0.5, 0.6) is 0 Å². The van der Waals surface area contributed by atoms with Crippen LogP contribution in [-0.2, 0) is 4.79 Å². The van der Waals surface area contributed by atoms with Gasteiger partial charge in [0.25, 0.3) is 0 Å². The summed E-state index contributed by atoms with van der Waals surface area (Å²) in [5, 5.41) is 2.86. The second-order valence-electron chi connectivity index (χ2n) is 4.12. The monoisotopic (exact) mass is 327 g/mol. The van der Waals surface area contributed by atoms with Crippen molar-refractivity contribution in [1.29, 1.82) is 0 Å². The van der Waals surface area contributed by atoms with Crippen molar-refractivity contribution >= 4 is 44.7 Å². The molecule has 1 aliphatic heterocycles. The number of benzene rings is 1. The highest BCUT2D eigenvalue weighted by molar-refractivity contribution is 9.10. The zero-order valence-corrected chi connectivity index (χ0v) is 12.2. The molecule has 6 heteroatoms. The topological polar surface area (TPSA) is 58.4 Å². The maximum Gasteiger partial charge on any atom is 0.221 e. The van der Waals surface area contributed by atoms with Crippen LogP contribution in [-0.4, -0.2) is 30.5 Å². The molecular formula is C12H14BrN3OS. The summed E-state index contributed by atoms with van der Waals surface area (Å²) in [5.41, 5.74) is 7.50. The summed E-state index contributed by atoms with van der Waals surface area (Å²) in [6.45, 7) is 2.19. The lowest BCUT2D eigenvalue weighted by molar-refractivity contribution is -0.120. The van der Waals surface area contributed by atoms with Gasteiger partial charge in [0.05, 0.1) is 5.69 Å². The van der Waals surface area contributed by atoms with E-state index in [1.165, 1.54) is 0 Å². The molecule has 1 aliphatic rings. The average Bonchev–Trinajstić information content (AvgIpc) is 2.54. The van der Waals surface area contributed by atoms with Gasteiger partial charge in [-0.1, -0.05) is 12.2 Å². The standard InChI is InChI=1S/C12H14BrN3OS/c13-9-7-8(12(14)18)1-2-10(9)16-5-3-11(17)15-4-6-16/h1-2,7H,3-6H2,(H2,14,18)(H,15,17). The number of hydrogen-bond donors (Lipinski definition) is 2. The minimum absolute atomic E-state index is 0.105. The molecule has 96 valence electrons. The second-order valence-corrected chi connectivity index (χ2v) is 5.41. The van der Waals surface area contributed by atoms with Gasteiger partial charge in [0.15, 0.2) is 0 Å². The van der Waals surface area contributed by atoms with Crippen LogP contribution in [0, 0.1) is 0 Å². The predicted molar refractivity (Wildman–Crippen MR) is 79.9 cm³/mol. The Labute approximate surface area is 120 Å². The van der Waals surface area contributed by atoms with Crippen molar-refractivity contribution in [3.8, 4) is 0 Å². The Morgan fingerprint density at radius 2 is 2.22 bits per heavy atom. The normalized spacial score (nSPS) is 16.1. The number of nitrogens with two attached hydrogens (primary N) is 1. The Morgan fingerprint density at radius 3 is 2.89 bits per heavy atom. The van der Waals surface area contributed by atoms with Gasteiger partial charge >= 0.3 is 0 Å². The van der Waals surface area contributed by atoms with E-state index in [-0.39, 0.29) is 5.91 Å². The lowest BCUT2D eigenvalue weighted by atomic mass is 10.2. The Hall–Kier alpha value is -1.14. The highest BCUT2D eigenvalue weighted by Crippen LogP contribution is 2.27. The lowest BCUT2D eigenvalue weighted by Gasteiger charge is -2.23. The maximum absolute atomic E-state index is 11.3. The number of carbonyl (C=O) groups excluding carboxylic acids is 1. The molecule has 1 aromatic carbocycles. The van der Waals surface area contributed by atoms with Gasteiger partial charge in [-0.2, -0.15) is 0 Å². The summed E-state index contributed by atoms with van der Waals surface area (Å²) < 4.78 is 0.946. The molecule has 1 saturated heterocycles. The van der Waals surface area contributed by atoms with Gasteiger partial charge < -0.3 is 16.0 Å². The van der Waals surface area contributed by atoms with Crippen LogP contribution in [0.1, 0.15) is 12.0 Å². The highest BCUT2D eigenvalue weighted by atomic mass is 79.9. The number of amides is 1. The molecule has 0 atom stereocenters. The Morgan fingerprint density at radius 1 is 1.44 bits per heavy atom. The fraction of sp³-hybridized carbons (Fsp3) is 0.333. The van der Waals surface area contributed by atoms with E-state index in [2.05, 4.69) is 26.1 Å². The summed E-state index contributed by atoms with van der Waals surface area (Å²) in [5.74, 6) is 0.105. The Bertz CT molecular complexity index is 492. The molecule has 1 amide bonds.